The lowest BCUT2D eigenvalue weighted by Crippen LogP contribution is -2.15. The van der Waals surface area contributed by atoms with Crippen molar-refractivity contribution in [2.45, 2.75) is 19.3 Å². The Morgan fingerprint density at radius 3 is 1.40 bits per heavy atom. The Labute approximate surface area is 337 Å². The molecule has 0 radical (unpaired) electrons. The average molecular weight is 746 g/mol. The monoisotopic (exact) mass is 745 g/mol. The molecule has 0 spiro atoms. The highest BCUT2D eigenvalue weighted by atomic mass is 32.1. The van der Waals surface area contributed by atoms with Gasteiger partial charge in [0.2, 0.25) is 0 Å². The lowest BCUT2D eigenvalue weighted by molar-refractivity contribution is 0.667. The van der Waals surface area contributed by atoms with Crippen molar-refractivity contribution < 1.29 is 0 Å². The topological polar surface area (TPSA) is 3.24 Å². The second-order valence-corrected chi connectivity index (χ2v) is 16.7. The van der Waals surface area contributed by atoms with Crippen LogP contribution in [0, 0.1) is 0 Å². The van der Waals surface area contributed by atoms with Gasteiger partial charge in [0.1, 0.15) is 0 Å². The van der Waals surface area contributed by atoms with Crippen LogP contribution in [0.4, 0.5) is 17.1 Å². The van der Waals surface area contributed by atoms with Crippen LogP contribution in [0.1, 0.15) is 25.0 Å². The predicted molar refractivity (Wildman–Crippen MR) is 245 cm³/mol. The molecule has 2 heteroatoms. The van der Waals surface area contributed by atoms with Gasteiger partial charge in [-0.25, -0.2) is 0 Å². The maximum absolute atomic E-state index is 2.46. The van der Waals surface area contributed by atoms with Crippen molar-refractivity contribution in [3.63, 3.8) is 0 Å². The van der Waals surface area contributed by atoms with Gasteiger partial charge in [0.25, 0.3) is 0 Å². The van der Waals surface area contributed by atoms with Crippen LogP contribution in [0.15, 0.2) is 200 Å². The molecule has 0 saturated carbocycles. The first-order valence-corrected chi connectivity index (χ1v) is 20.6. The van der Waals surface area contributed by atoms with Crippen LogP contribution in [-0.4, -0.2) is 0 Å². The summed E-state index contributed by atoms with van der Waals surface area (Å²) in [5.41, 5.74) is 16.1. The zero-order valence-electron chi connectivity index (χ0n) is 31.9. The highest BCUT2D eigenvalue weighted by molar-refractivity contribution is 7.26. The maximum atomic E-state index is 2.46. The van der Waals surface area contributed by atoms with Gasteiger partial charge in [0.15, 0.2) is 0 Å². The summed E-state index contributed by atoms with van der Waals surface area (Å²) in [6.45, 7) is 4.85. The van der Waals surface area contributed by atoms with Gasteiger partial charge in [0, 0.05) is 48.0 Å². The van der Waals surface area contributed by atoms with Gasteiger partial charge >= 0.3 is 0 Å². The number of hydrogen-bond donors (Lipinski definition) is 0. The Balaban J connectivity index is 0.994. The fraction of sp³-hybridized carbons (Fsp3) is 0.0545. The lowest BCUT2D eigenvalue weighted by Gasteiger charge is -2.26. The molecule has 1 aromatic heterocycles. The molecule has 10 aromatic rings. The van der Waals surface area contributed by atoms with Gasteiger partial charge in [-0.05, 0) is 110 Å². The molecule has 1 aliphatic carbocycles. The molecule has 0 bridgehead atoms. The summed E-state index contributed by atoms with van der Waals surface area (Å²) in [5.74, 6) is 0. The van der Waals surface area contributed by atoms with Gasteiger partial charge in [-0.2, -0.15) is 0 Å². The zero-order chi connectivity index (χ0) is 38.1. The smallest absolute Gasteiger partial charge is 0.0462 e. The molecule has 11 rings (SSSR count). The molecule has 0 fully saturated rings. The number of nitrogens with zero attached hydrogens (tertiary/aromatic N) is 1. The molecule has 1 nitrogen and oxygen atoms in total. The molecule has 0 saturated heterocycles. The van der Waals surface area contributed by atoms with Crippen LogP contribution in [0.3, 0.4) is 0 Å². The molecule has 57 heavy (non-hydrogen) atoms. The van der Waals surface area contributed by atoms with Crippen LogP contribution in [0.25, 0.3) is 75.5 Å². The van der Waals surface area contributed by atoms with Crippen molar-refractivity contribution in [1.82, 2.24) is 0 Å². The average Bonchev–Trinajstić information content (AvgIpc) is 3.77. The Bertz CT molecular complexity index is 3020. The van der Waals surface area contributed by atoms with E-state index in [1.165, 1.54) is 86.6 Å². The standard InChI is InChI=1S/C55H39NS/c1-55(2)49-35-41(27-34-47(49)51-45-17-9-10-18-46(45)54-52(53(51)55)48-19-11-12-20-50(48)57-54)40-25-32-44(33-26-40)56(42-28-21-38(22-29-42)36-13-5-3-6-14-36)43-30-23-39(24-31-43)37-15-7-4-8-16-37/h3-35H,1-2H3. The lowest BCUT2D eigenvalue weighted by atomic mass is 9.79. The van der Waals surface area contributed by atoms with E-state index in [-0.39, 0.29) is 5.41 Å². The van der Waals surface area contributed by atoms with Gasteiger partial charge in [0.05, 0.1) is 0 Å². The minimum atomic E-state index is -0.165. The third kappa shape index (κ3) is 5.44. The second-order valence-electron chi connectivity index (χ2n) is 15.7. The number of anilines is 3. The fourth-order valence-electron chi connectivity index (χ4n) is 9.26. The first-order valence-electron chi connectivity index (χ1n) is 19.8. The molecule has 9 aromatic carbocycles. The highest BCUT2D eigenvalue weighted by Gasteiger charge is 2.39. The molecule has 0 N–H and O–H groups in total. The summed E-state index contributed by atoms with van der Waals surface area (Å²) < 4.78 is 2.75. The first kappa shape index (κ1) is 33.6. The first-order chi connectivity index (χ1) is 28.0. The van der Waals surface area contributed by atoms with E-state index >= 15 is 0 Å². The summed E-state index contributed by atoms with van der Waals surface area (Å²) >= 11 is 1.93. The van der Waals surface area contributed by atoms with Crippen LogP contribution >= 0.6 is 11.3 Å². The van der Waals surface area contributed by atoms with Crippen LogP contribution in [0.2, 0.25) is 0 Å². The van der Waals surface area contributed by atoms with Crippen molar-refractivity contribution in [3.8, 4) is 44.5 Å². The molecule has 0 unspecified atom stereocenters. The number of fused-ring (bicyclic) bond motifs is 10. The molecule has 0 amide bonds. The third-order valence-electron chi connectivity index (χ3n) is 12.0. The Morgan fingerprint density at radius 1 is 0.404 bits per heavy atom. The normalized spacial score (nSPS) is 12.9. The minimum Gasteiger partial charge on any atom is -0.311 e. The Hall–Kier alpha value is -6.74. The molecule has 1 heterocycles. The largest absolute Gasteiger partial charge is 0.311 e. The van der Waals surface area contributed by atoms with Gasteiger partial charge < -0.3 is 4.90 Å². The number of benzene rings is 9. The Kier molecular flexibility index (Phi) is 7.77. The van der Waals surface area contributed by atoms with E-state index in [0.717, 1.165) is 17.1 Å². The van der Waals surface area contributed by atoms with Crippen LogP contribution in [-0.2, 0) is 5.41 Å². The van der Waals surface area contributed by atoms with Gasteiger partial charge in [-0.1, -0.05) is 166 Å². The van der Waals surface area contributed by atoms with Crippen molar-refractivity contribution in [2.75, 3.05) is 4.90 Å². The summed E-state index contributed by atoms with van der Waals surface area (Å²) in [6.07, 6.45) is 0. The highest BCUT2D eigenvalue weighted by Crippen LogP contribution is 2.57. The molecule has 270 valence electrons. The number of rotatable bonds is 6. The quantitative estimate of drug-likeness (QED) is 0.164. The maximum Gasteiger partial charge on any atom is 0.0462 e. The van der Waals surface area contributed by atoms with E-state index in [9.17, 15) is 0 Å². The predicted octanol–water partition coefficient (Wildman–Crippen LogP) is 16.0. The minimum absolute atomic E-state index is 0.165. The van der Waals surface area contributed by atoms with Crippen LogP contribution in [0.5, 0.6) is 0 Å². The summed E-state index contributed by atoms with van der Waals surface area (Å²) in [4.78, 5) is 2.36. The van der Waals surface area contributed by atoms with E-state index in [0.29, 0.717) is 0 Å². The molecule has 1 aliphatic rings. The molecular formula is C55H39NS. The van der Waals surface area contributed by atoms with E-state index in [1.807, 2.05) is 11.3 Å². The summed E-state index contributed by atoms with van der Waals surface area (Å²) in [7, 11) is 0. The summed E-state index contributed by atoms with van der Waals surface area (Å²) in [6, 6.07) is 73.3. The zero-order valence-corrected chi connectivity index (χ0v) is 32.7. The summed E-state index contributed by atoms with van der Waals surface area (Å²) in [5, 5.41) is 5.49. The molecular weight excluding hydrogens is 707 g/mol. The van der Waals surface area contributed by atoms with Gasteiger partial charge in [-0.15, -0.1) is 11.3 Å². The molecule has 0 atom stereocenters. The van der Waals surface area contributed by atoms with E-state index < -0.39 is 0 Å². The molecule has 0 aliphatic heterocycles. The van der Waals surface area contributed by atoms with Gasteiger partial charge in [-0.3, -0.25) is 0 Å². The van der Waals surface area contributed by atoms with Crippen molar-refractivity contribution in [3.05, 3.63) is 211 Å². The van der Waals surface area contributed by atoms with Crippen molar-refractivity contribution >= 4 is 59.3 Å². The van der Waals surface area contributed by atoms with E-state index in [4.69, 9.17) is 0 Å². The third-order valence-corrected chi connectivity index (χ3v) is 13.3. The van der Waals surface area contributed by atoms with Crippen molar-refractivity contribution in [1.29, 1.82) is 0 Å². The second kappa shape index (κ2) is 13.2. The number of thiophene rings is 1. The SMILES string of the molecule is CC1(C)c2cc(-c3ccc(N(c4ccc(-c5ccccc5)cc4)c4ccc(-c5ccccc5)cc4)cc3)ccc2-c2c1c1c3ccccc3sc1c1ccccc21. The van der Waals surface area contributed by atoms with Crippen molar-refractivity contribution in [2.24, 2.45) is 0 Å². The van der Waals surface area contributed by atoms with E-state index in [2.05, 4.69) is 219 Å². The number of hydrogen-bond acceptors (Lipinski definition) is 2. The van der Waals surface area contributed by atoms with E-state index in [1.54, 1.807) is 0 Å². The Morgan fingerprint density at radius 2 is 0.842 bits per heavy atom. The van der Waals surface area contributed by atoms with Crippen LogP contribution < -0.4 is 4.90 Å². The fourth-order valence-corrected chi connectivity index (χ4v) is 10.5.